The average molecular weight is 302 g/mol. The van der Waals surface area contributed by atoms with Crippen LogP contribution in [0.25, 0.3) is 0 Å². The van der Waals surface area contributed by atoms with Crippen LogP contribution in [-0.4, -0.2) is 10.9 Å². The number of carbonyl (C=O) groups is 1. The largest absolute Gasteiger partial charge is 0.389 e. The van der Waals surface area contributed by atoms with Crippen LogP contribution < -0.4 is 11.1 Å². The number of nitrogens with two attached hydrogens (primary N) is 1. The van der Waals surface area contributed by atoms with Gasteiger partial charge in [-0.2, -0.15) is 0 Å². The van der Waals surface area contributed by atoms with Crippen LogP contribution in [0.1, 0.15) is 27.0 Å². The van der Waals surface area contributed by atoms with E-state index in [0.717, 1.165) is 5.56 Å². The van der Waals surface area contributed by atoms with Crippen molar-refractivity contribution in [3.63, 3.8) is 0 Å². The van der Waals surface area contributed by atoms with Crippen LogP contribution in [0.5, 0.6) is 0 Å². The molecule has 0 saturated heterocycles. The Morgan fingerprint density at radius 1 is 1.19 bits per heavy atom. The highest BCUT2D eigenvalue weighted by molar-refractivity contribution is 7.80. The fourth-order valence-corrected chi connectivity index (χ4v) is 1.95. The molecule has 0 heterocycles. The molecule has 0 unspecified atom stereocenters. The van der Waals surface area contributed by atoms with Crippen molar-refractivity contribution in [2.24, 2.45) is 5.73 Å². The minimum atomic E-state index is -0.440. The summed E-state index contributed by atoms with van der Waals surface area (Å²) in [5.41, 5.74) is 7.91. The normalized spacial score (nSPS) is 10.2. The third-order valence-corrected chi connectivity index (χ3v) is 3.33. The second-order valence-corrected chi connectivity index (χ2v) is 5.16. The van der Waals surface area contributed by atoms with Crippen molar-refractivity contribution in [1.82, 2.24) is 5.32 Å². The molecule has 0 bridgehead atoms. The Balaban J connectivity index is 2.04. The van der Waals surface area contributed by atoms with E-state index in [2.05, 4.69) is 5.32 Å². The van der Waals surface area contributed by atoms with Crippen LogP contribution >= 0.6 is 12.2 Å². The first kappa shape index (κ1) is 15.1. The highest BCUT2D eigenvalue weighted by atomic mass is 32.1. The summed E-state index contributed by atoms with van der Waals surface area (Å²) in [7, 11) is 0. The molecule has 0 atom stereocenters. The molecule has 0 aliphatic rings. The Morgan fingerprint density at radius 3 is 2.38 bits per heavy atom. The number of aryl methyl sites for hydroxylation is 1. The van der Waals surface area contributed by atoms with Crippen molar-refractivity contribution in [1.29, 1.82) is 0 Å². The summed E-state index contributed by atoms with van der Waals surface area (Å²) in [4.78, 5) is 12.1. The number of amides is 1. The molecule has 2 aromatic carbocycles. The SMILES string of the molecule is Cc1ccc(C(=O)NCc2ccc(C(N)=S)cc2F)cc1. The lowest BCUT2D eigenvalue weighted by Gasteiger charge is -2.08. The average Bonchev–Trinajstić information content (AvgIpc) is 2.46. The standard InChI is InChI=1S/C16H15FN2OS/c1-10-2-4-11(5-3-10)16(20)19-9-13-7-6-12(15(18)21)8-14(13)17/h2-8H,9H2,1H3,(H2,18,21)(H,19,20). The highest BCUT2D eigenvalue weighted by Crippen LogP contribution is 2.11. The van der Waals surface area contributed by atoms with E-state index >= 15 is 0 Å². The smallest absolute Gasteiger partial charge is 0.251 e. The number of halogens is 1. The Kier molecular flexibility index (Phi) is 4.65. The molecule has 0 radical (unpaired) electrons. The molecule has 0 spiro atoms. The third kappa shape index (κ3) is 3.86. The molecule has 0 aliphatic carbocycles. The summed E-state index contributed by atoms with van der Waals surface area (Å²) >= 11 is 4.79. The van der Waals surface area contributed by atoms with Gasteiger partial charge < -0.3 is 11.1 Å². The van der Waals surface area contributed by atoms with Crippen LogP contribution in [0.2, 0.25) is 0 Å². The minimum absolute atomic E-state index is 0.107. The maximum atomic E-state index is 13.8. The van der Waals surface area contributed by atoms with Crippen molar-refractivity contribution < 1.29 is 9.18 Å². The van der Waals surface area contributed by atoms with Crippen LogP contribution in [0.15, 0.2) is 42.5 Å². The second-order valence-electron chi connectivity index (χ2n) is 4.72. The van der Waals surface area contributed by atoms with E-state index in [1.807, 2.05) is 19.1 Å². The molecule has 0 fully saturated rings. The molecule has 3 N–H and O–H groups in total. The summed E-state index contributed by atoms with van der Waals surface area (Å²) in [5, 5.41) is 2.68. The van der Waals surface area contributed by atoms with E-state index in [4.69, 9.17) is 18.0 Å². The number of carbonyl (C=O) groups excluding carboxylic acids is 1. The zero-order valence-electron chi connectivity index (χ0n) is 11.5. The zero-order chi connectivity index (χ0) is 15.4. The predicted molar refractivity (Wildman–Crippen MR) is 84.6 cm³/mol. The van der Waals surface area contributed by atoms with Crippen LogP contribution in [0, 0.1) is 12.7 Å². The predicted octanol–water partition coefficient (Wildman–Crippen LogP) is 2.70. The van der Waals surface area contributed by atoms with Crippen molar-refractivity contribution in [2.75, 3.05) is 0 Å². The monoisotopic (exact) mass is 302 g/mol. The van der Waals surface area contributed by atoms with Gasteiger partial charge in [0.2, 0.25) is 0 Å². The maximum Gasteiger partial charge on any atom is 0.251 e. The van der Waals surface area contributed by atoms with Gasteiger partial charge in [0.1, 0.15) is 10.8 Å². The van der Waals surface area contributed by atoms with Gasteiger partial charge in [-0.1, -0.05) is 42.0 Å². The zero-order valence-corrected chi connectivity index (χ0v) is 12.3. The van der Waals surface area contributed by atoms with E-state index in [9.17, 15) is 9.18 Å². The van der Waals surface area contributed by atoms with E-state index in [1.165, 1.54) is 6.07 Å². The van der Waals surface area contributed by atoms with Gasteiger partial charge in [0.05, 0.1) is 0 Å². The van der Waals surface area contributed by atoms with Crippen LogP contribution in [-0.2, 0) is 6.54 Å². The Morgan fingerprint density at radius 2 is 1.81 bits per heavy atom. The fraction of sp³-hybridized carbons (Fsp3) is 0.125. The first-order valence-corrected chi connectivity index (χ1v) is 6.81. The molecule has 3 nitrogen and oxygen atoms in total. The van der Waals surface area contributed by atoms with Gasteiger partial charge >= 0.3 is 0 Å². The van der Waals surface area contributed by atoms with Gasteiger partial charge in [-0.25, -0.2) is 4.39 Å². The summed E-state index contributed by atoms with van der Waals surface area (Å²) < 4.78 is 13.8. The number of hydrogen-bond donors (Lipinski definition) is 2. The van der Waals surface area contributed by atoms with Gasteiger partial charge in [0, 0.05) is 23.2 Å². The molecule has 108 valence electrons. The van der Waals surface area contributed by atoms with Gasteiger partial charge in [-0.05, 0) is 25.1 Å². The van der Waals surface area contributed by atoms with Crippen LogP contribution in [0.3, 0.4) is 0 Å². The number of hydrogen-bond acceptors (Lipinski definition) is 2. The lowest BCUT2D eigenvalue weighted by molar-refractivity contribution is 0.0950. The van der Waals surface area contributed by atoms with E-state index in [0.29, 0.717) is 16.7 Å². The second kappa shape index (κ2) is 6.45. The number of thiocarbonyl (C=S) groups is 1. The molecule has 2 rings (SSSR count). The van der Waals surface area contributed by atoms with Crippen molar-refractivity contribution in [3.05, 3.63) is 70.5 Å². The molecule has 21 heavy (non-hydrogen) atoms. The topological polar surface area (TPSA) is 55.1 Å². The van der Waals surface area contributed by atoms with Gasteiger partial charge in [-0.15, -0.1) is 0 Å². The summed E-state index contributed by atoms with van der Waals surface area (Å²) in [5.74, 6) is -0.683. The first-order chi connectivity index (χ1) is 9.97. The number of benzene rings is 2. The lowest BCUT2D eigenvalue weighted by Crippen LogP contribution is -2.23. The molecule has 0 aliphatic heterocycles. The van der Waals surface area contributed by atoms with Gasteiger partial charge in [0.25, 0.3) is 5.91 Å². The summed E-state index contributed by atoms with van der Waals surface area (Å²) in [6.45, 7) is 2.05. The molecule has 5 heteroatoms. The van der Waals surface area contributed by atoms with Crippen molar-refractivity contribution in [2.45, 2.75) is 13.5 Å². The quantitative estimate of drug-likeness (QED) is 0.854. The molecule has 0 aromatic heterocycles. The van der Waals surface area contributed by atoms with Crippen LogP contribution in [0.4, 0.5) is 4.39 Å². The molecular formula is C16H15FN2OS. The molecular weight excluding hydrogens is 287 g/mol. The molecule has 2 aromatic rings. The lowest BCUT2D eigenvalue weighted by atomic mass is 10.1. The Labute approximate surface area is 128 Å². The van der Waals surface area contributed by atoms with Crippen molar-refractivity contribution in [3.8, 4) is 0 Å². The Hall–Kier alpha value is -2.27. The van der Waals surface area contributed by atoms with E-state index in [1.54, 1.807) is 24.3 Å². The third-order valence-electron chi connectivity index (χ3n) is 3.09. The van der Waals surface area contributed by atoms with E-state index in [-0.39, 0.29) is 17.4 Å². The first-order valence-electron chi connectivity index (χ1n) is 6.40. The van der Waals surface area contributed by atoms with Gasteiger partial charge in [-0.3, -0.25) is 4.79 Å². The minimum Gasteiger partial charge on any atom is -0.389 e. The molecule has 0 saturated carbocycles. The molecule has 1 amide bonds. The van der Waals surface area contributed by atoms with E-state index < -0.39 is 5.82 Å². The Bertz CT molecular complexity index is 683. The fourth-order valence-electron chi connectivity index (χ4n) is 1.83. The summed E-state index contributed by atoms with van der Waals surface area (Å²) in [6.07, 6.45) is 0. The number of rotatable bonds is 4. The van der Waals surface area contributed by atoms with Gasteiger partial charge in [0.15, 0.2) is 0 Å². The number of nitrogens with one attached hydrogen (secondary N) is 1. The van der Waals surface area contributed by atoms with Crippen molar-refractivity contribution >= 4 is 23.1 Å². The maximum absolute atomic E-state index is 13.8. The summed E-state index contributed by atoms with van der Waals surface area (Å²) in [6, 6.07) is 11.7. The highest BCUT2D eigenvalue weighted by Gasteiger charge is 2.08.